The van der Waals surface area contributed by atoms with Crippen LogP contribution in [-0.4, -0.2) is 34.1 Å². The highest BCUT2D eigenvalue weighted by Gasteiger charge is 2.21. The number of benzene rings is 1. The first kappa shape index (κ1) is 15.8. The molecule has 1 N–H and O–H groups in total. The molecule has 6 heteroatoms. The van der Waals surface area contributed by atoms with E-state index in [1.807, 2.05) is 6.07 Å². The largest absolute Gasteiger partial charge is 0.373 e. The minimum absolute atomic E-state index is 0.132. The summed E-state index contributed by atoms with van der Waals surface area (Å²) in [5, 5.41) is 0. The molecule has 5 nitrogen and oxygen atoms in total. The number of likely N-dealkylation sites (tertiary alicyclic amines) is 1. The first-order valence-electron chi connectivity index (χ1n) is 7.82. The van der Waals surface area contributed by atoms with Crippen LogP contribution in [0.4, 0.5) is 4.39 Å². The van der Waals surface area contributed by atoms with Crippen LogP contribution in [0.15, 0.2) is 41.5 Å². The Balaban J connectivity index is 1.46. The van der Waals surface area contributed by atoms with Crippen LogP contribution >= 0.6 is 0 Å². The smallest absolute Gasteiger partial charge is 0.270 e. The van der Waals surface area contributed by atoms with Crippen molar-refractivity contribution in [3.05, 3.63) is 64.1 Å². The molecule has 2 aromatic rings. The predicted molar refractivity (Wildman–Crippen MR) is 84.3 cm³/mol. The molecular weight excluding hydrogens is 297 g/mol. The zero-order chi connectivity index (χ0) is 16.1. The third-order valence-corrected chi connectivity index (χ3v) is 4.12. The molecule has 1 aliphatic heterocycles. The van der Waals surface area contributed by atoms with Gasteiger partial charge in [-0.1, -0.05) is 18.2 Å². The Labute approximate surface area is 134 Å². The predicted octanol–water partition coefficient (Wildman–Crippen LogP) is 2.09. The number of rotatable bonds is 5. The first-order chi connectivity index (χ1) is 11.2. The van der Waals surface area contributed by atoms with Crippen molar-refractivity contribution < 1.29 is 9.13 Å². The highest BCUT2D eigenvalue weighted by Crippen LogP contribution is 2.17. The molecule has 1 aromatic heterocycles. The molecule has 1 fully saturated rings. The molecule has 122 valence electrons. The Morgan fingerprint density at radius 1 is 1.30 bits per heavy atom. The fraction of sp³-hybridized carbons (Fsp3) is 0.412. The van der Waals surface area contributed by atoms with Crippen molar-refractivity contribution in [2.75, 3.05) is 13.1 Å². The van der Waals surface area contributed by atoms with Crippen LogP contribution in [0.25, 0.3) is 0 Å². The van der Waals surface area contributed by atoms with Gasteiger partial charge in [-0.2, -0.15) is 0 Å². The topological polar surface area (TPSA) is 58.2 Å². The maximum absolute atomic E-state index is 13.6. The Morgan fingerprint density at radius 2 is 2.09 bits per heavy atom. The van der Waals surface area contributed by atoms with Gasteiger partial charge in [-0.25, -0.2) is 4.39 Å². The highest BCUT2D eigenvalue weighted by atomic mass is 19.1. The van der Waals surface area contributed by atoms with E-state index in [9.17, 15) is 9.18 Å². The Hall–Kier alpha value is -2.05. The van der Waals surface area contributed by atoms with Crippen molar-refractivity contribution in [3.63, 3.8) is 0 Å². The summed E-state index contributed by atoms with van der Waals surface area (Å²) < 4.78 is 19.4. The molecule has 1 aromatic carbocycles. The average Bonchev–Trinajstić information content (AvgIpc) is 2.57. The van der Waals surface area contributed by atoms with Crippen LogP contribution in [-0.2, 0) is 17.9 Å². The lowest BCUT2D eigenvalue weighted by molar-refractivity contribution is -0.00521. The number of nitrogens with one attached hydrogen (secondary N) is 1. The Morgan fingerprint density at radius 3 is 2.83 bits per heavy atom. The lowest BCUT2D eigenvalue weighted by Gasteiger charge is -2.31. The number of H-pyrrole nitrogens is 1. The van der Waals surface area contributed by atoms with E-state index < -0.39 is 0 Å². The van der Waals surface area contributed by atoms with Gasteiger partial charge in [0.05, 0.1) is 12.7 Å². The van der Waals surface area contributed by atoms with E-state index in [0.717, 1.165) is 25.9 Å². The van der Waals surface area contributed by atoms with Crippen LogP contribution in [0.5, 0.6) is 0 Å². The van der Waals surface area contributed by atoms with E-state index in [1.54, 1.807) is 18.3 Å². The SMILES string of the molecule is O=c1[nH]ccnc1CN1CCC(OCc2ccccc2F)CC1. The van der Waals surface area contributed by atoms with Crippen molar-refractivity contribution in [2.45, 2.75) is 32.1 Å². The van der Waals surface area contributed by atoms with Crippen molar-refractivity contribution in [3.8, 4) is 0 Å². The summed E-state index contributed by atoms with van der Waals surface area (Å²) in [5.74, 6) is -0.223. The average molecular weight is 317 g/mol. The summed E-state index contributed by atoms with van der Waals surface area (Å²) >= 11 is 0. The van der Waals surface area contributed by atoms with Crippen LogP contribution in [0.3, 0.4) is 0 Å². The van der Waals surface area contributed by atoms with Gasteiger partial charge >= 0.3 is 0 Å². The zero-order valence-corrected chi connectivity index (χ0v) is 12.9. The summed E-state index contributed by atoms with van der Waals surface area (Å²) in [6.45, 7) is 2.55. The quantitative estimate of drug-likeness (QED) is 0.917. The molecule has 0 bridgehead atoms. The molecule has 1 saturated heterocycles. The van der Waals surface area contributed by atoms with E-state index in [2.05, 4.69) is 14.9 Å². The number of halogens is 1. The van der Waals surface area contributed by atoms with Crippen molar-refractivity contribution in [1.82, 2.24) is 14.9 Å². The van der Waals surface area contributed by atoms with Gasteiger partial charge in [-0.15, -0.1) is 0 Å². The Kier molecular flexibility index (Phi) is 5.15. The fourth-order valence-corrected chi connectivity index (χ4v) is 2.76. The number of aromatic amines is 1. The summed E-state index contributed by atoms with van der Waals surface area (Å²) in [6.07, 6.45) is 5.02. The molecule has 0 aliphatic carbocycles. The van der Waals surface area contributed by atoms with Crippen molar-refractivity contribution in [2.24, 2.45) is 0 Å². The number of hydrogen-bond donors (Lipinski definition) is 1. The molecule has 3 rings (SSSR count). The van der Waals surface area contributed by atoms with Crippen molar-refractivity contribution >= 4 is 0 Å². The minimum atomic E-state index is -0.223. The fourth-order valence-electron chi connectivity index (χ4n) is 2.76. The van der Waals surface area contributed by atoms with Gasteiger partial charge < -0.3 is 9.72 Å². The van der Waals surface area contributed by atoms with Gasteiger partial charge in [-0.05, 0) is 18.9 Å². The summed E-state index contributed by atoms with van der Waals surface area (Å²) in [7, 11) is 0. The molecule has 0 unspecified atom stereocenters. The molecule has 2 heterocycles. The molecule has 0 spiro atoms. The van der Waals surface area contributed by atoms with Crippen molar-refractivity contribution in [1.29, 1.82) is 0 Å². The van der Waals surface area contributed by atoms with Gasteiger partial charge in [0, 0.05) is 37.6 Å². The molecular formula is C17H20FN3O2. The normalized spacial score (nSPS) is 16.6. The van der Waals surface area contributed by atoms with Gasteiger partial charge in [0.1, 0.15) is 11.5 Å². The first-order valence-corrected chi connectivity index (χ1v) is 7.82. The van der Waals surface area contributed by atoms with E-state index in [4.69, 9.17) is 4.74 Å². The second-order valence-electron chi connectivity index (χ2n) is 5.74. The van der Waals surface area contributed by atoms with E-state index in [0.29, 0.717) is 24.4 Å². The summed E-state index contributed by atoms with van der Waals surface area (Å²) in [6, 6.07) is 6.69. The zero-order valence-electron chi connectivity index (χ0n) is 12.9. The summed E-state index contributed by atoms with van der Waals surface area (Å²) in [5.41, 5.74) is 0.999. The summed E-state index contributed by atoms with van der Waals surface area (Å²) in [4.78, 5) is 20.6. The van der Waals surface area contributed by atoms with Gasteiger partial charge in [-0.3, -0.25) is 14.7 Å². The molecule has 0 radical (unpaired) electrons. The number of ether oxygens (including phenoxy) is 1. The monoisotopic (exact) mass is 317 g/mol. The second kappa shape index (κ2) is 7.48. The molecule has 0 amide bonds. The van der Waals surface area contributed by atoms with Gasteiger partial charge in [0.15, 0.2) is 0 Å². The minimum Gasteiger partial charge on any atom is -0.373 e. The maximum atomic E-state index is 13.6. The van der Waals surface area contributed by atoms with Gasteiger partial charge in [0.2, 0.25) is 0 Å². The maximum Gasteiger partial charge on any atom is 0.270 e. The third-order valence-electron chi connectivity index (χ3n) is 4.12. The standard InChI is InChI=1S/C17H20FN3O2/c18-15-4-2-1-3-13(15)12-23-14-5-9-21(10-6-14)11-16-17(22)20-8-7-19-16/h1-4,7-8,14H,5-6,9-12H2,(H,20,22). The number of nitrogens with zero attached hydrogens (tertiary/aromatic N) is 2. The molecule has 0 saturated carbocycles. The lowest BCUT2D eigenvalue weighted by atomic mass is 10.1. The molecule has 1 aliphatic rings. The Bertz CT molecular complexity index is 696. The van der Waals surface area contributed by atoms with Gasteiger partial charge in [0.25, 0.3) is 5.56 Å². The van der Waals surface area contributed by atoms with E-state index >= 15 is 0 Å². The lowest BCUT2D eigenvalue weighted by Crippen LogP contribution is -2.38. The van der Waals surface area contributed by atoms with E-state index in [-0.39, 0.29) is 17.5 Å². The third kappa shape index (κ3) is 4.24. The van der Waals surface area contributed by atoms with Crippen LogP contribution in [0.2, 0.25) is 0 Å². The molecule has 0 atom stereocenters. The van der Waals surface area contributed by atoms with Crippen LogP contribution < -0.4 is 5.56 Å². The van der Waals surface area contributed by atoms with E-state index in [1.165, 1.54) is 12.3 Å². The van der Waals surface area contributed by atoms with Crippen LogP contribution in [0, 0.1) is 5.82 Å². The number of piperidine rings is 1. The second-order valence-corrected chi connectivity index (χ2v) is 5.74. The number of hydrogen-bond acceptors (Lipinski definition) is 4. The highest BCUT2D eigenvalue weighted by molar-refractivity contribution is 5.16. The molecule has 23 heavy (non-hydrogen) atoms. The van der Waals surface area contributed by atoms with Crippen LogP contribution in [0.1, 0.15) is 24.1 Å². The number of aromatic nitrogens is 2.